The van der Waals surface area contributed by atoms with Crippen molar-refractivity contribution in [1.82, 2.24) is 20.4 Å². The molecule has 1 spiro atoms. The molecular formula is C21H24N4O3. The molecule has 0 saturated carbocycles. The van der Waals surface area contributed by atoms with Crippen LogP contribution in [0.15, 0.2) is 42.7 Å². The highest BCUT2D eigenvalue weighted by Crippen LogP contribution is 2.46. The standard InChI is InChI=1S/C21H24N4O3/c1-22-19(26)12-16-13-21(28-18-5-3-2-4-17(16)18)7-10-25(11-8-21)20(27)15-6-9-23-24-14-15/h2-6,9,14,16H,7-8,10-13H2,1H3,(H,22,26)/t16-/m0/s1. The van der Waals surface area contributed by atoms with E-state index in [4.69, 9.17) is 4.74 Å². The summed E-state index contributed by atoms with van der Waals surface area (Å²) in [7, 11) is 1.67. The van der Waals surface area contributed by atoms with Crippen LogP contribution >= 0.6 is 0 Å². The van der Waals surface area contributed by atoms with Gasteiger partial charge in [-0.15, -0.1) is 0 Å². The number of benzene rings is 1. The highest BCUT2D eigenvalue weighted by atomic mass is 16.5. The number of amides is 2. The summed E-state index contributed by atoms with van der Waals surface area (Å²) in [5.74, 6) is 0.995. The van der Waals surface area contributed by atoms with Gasteiger partial charge in [0.25, 0.3) is 5.91 Å². The number of para-hydroxylation sites is 1. The fraction of sp³-hybridized carbons (Fsp3) is 0.429. The van der Waals surface area contributed by atoms with Gasteiger partial charge in [-0.2, -0.15) is 10.2 Å². The number of hydrogen-bond donors (Lipinski definition) is 1. The molecule has 2 aliphatic rings. The van der Waals surface area contributed by atoms with Crippen LogP contribution in [0.1, 0.15) is 47.5 Å². The van der Waals surface area contributed by atoms with Crippen LogP contribution in [0.25, 0.3) is 0 Å². The van der Waals surface area contributed by atoms with E-state index in [1.54, 1.807) is 13.1 Å². The summed E-state index contributed by atoms with van der Waals surface area (Å²) < 4.78 is 6.45. The lowest BCUT2D eigenvalue weighted by atomic mass is 9.76. The van der Waals surface area contributed by atoms with Gasteiger partial charge in [-0.1, -0.05) is 18.2 Å². The van der Waals surface area contributed by atoms with Crippen molar-refractivity contribution < 1.29 is 14.3 Å². The fourth-order valence-corrected chi connectivity index (χ4v) is 4.28. The molecule has 1 aromatic heterocycles. The van der Waals surface area contributed by atoms with Crippen molar-refractivity contribution in [3.8, 4) is 5.75 Å². The second kappa shape index (κ2) is 7.58. The minimum Gasteiger partial charge on any atom is -0.487 e. The topological polar surface area (TPSA) is 84.4 Å². The summed E-state index contributed by atoms with van der Waals surface area (Å²) >= 11 is 0. The highest BCUT2D eigenvalue weighted by Gasteiger charge is 2.44. The Balaban J connectivity index is 1.50. The van der Waals surface area contributed by atoms with E-state index in [2.05, 4.69) is 15.5 Å². The maximum atomic E-state index is 12.7. The van der Waals surface area contributed by atoms with Crippen molar-refractivity contribution in [1.29, 1.82) is 0 Å². The van der Waals surface area contributed by atoms with Gasteiger partial charge in [0.15, 0.2) is 0 Å². The Morgan fingerprint density at radius 3 is 2.71 bits per heavy atom. The first-order valence-corrected chi connectivity index (χ1v) is 9.65. The number of piperidine rings is 1. The predicted molar refractivity (Wildman–Crippen MR) is 103 cm³/mol. The van der Waals surface area contributed by atoms with E-state index in [9.17, 15) is 9.59 Å². The number of carbonyl (C=O) groups is 2. The predicted octanol–water partition coefficient (Wildman–Crippen LogP) is 2.15. The lowest BCUT2D eigenvalue weighted by Crippen LogP contribution is -2.52. The van der Waals surface area contributed by atoms with Crippen LogP contribution in [0.4, 0.5) is 0 Å². The lowest BCUT2D eigenvalue weighted by Gasteiger charge is -2.47. The van der Waals surface area contributed by atoms with Crippen LogP contribution in [0.3, 0.4) is 0 Å². The van der Waals surface area contributed by atoms with Crippen molar-refractivity contribution in [3.63, 3.8) is 0 Å². The van der Waals surface area contributed by atoms with Gasteiger partial charge in [0.2, 0.25) is 5.91 Å². The molecule has 7 heteroatoms. The molecule has 146 valence electrons. The zero-order valence-corrected chi connectivity index (χ0v) is 15.9. The van der Waals surface area contributed by atoms with E-state index in [0.29, 0.717) is 25.1 Å². The molecule has 1 fully saturated rings. The van der Waals surface area contributed by atoms with E-state index < -0.39 is 0 Å². The molecule has 1 N–H and O–H groups in total. The average molecular weight is 380 g/mol. The van der Waals surface area contributed by atoms with Gasteiger partial charge in [0.05, 0.1) is 18.0 Å². The van der Waals surface area contributed by atoms with E-state index in [-0.39, 0.29) is 23.3 Å². The molecule has 0 aliphatic carbocycles. The number of aromatic nitrogens is 2. The third kappa shape index (κ3) is 3.56. The molecule has 28 heavy (non-hydrogen) atoms. The molecule has 0 radical (unpaired) electrons. The van der Waals surface area contributed by atoms with E-state index in [1.807, 2.05) is 29.2 Å². The summed E-state index contributed by atoms with van der Waals surface area (Å²) in [6.07, 6.45) is 5.76. The first-order valence-electron chi connectivity index (χ1n) is 9.65. The van der Waals surface area contributed by atoms with Crippen molar-refractivity contribution in [2.24, 2.45) is 0 Å². The largest absolute Gasteiger partial charge is 0.487 e. The summed E-state index contributed by atoms with van der Waals surface area (Å²) in [4.78, 5) is 26.6. The van der Waals surface area contributed by atoms with Crippen molar-refractivity contribution >= 4 is 11.8 Å². The number of hydrogen-bond acceptors (Lipinski definition) is 5. The smallest absolute Gasteiger partial charge is 0.255 e. The van der Waals surface area contributed by atoms with Crippen molar-refractivity contribution in [2.45, 2.75) is 37.2 Å². The molecular weight excluding hydrogens is 356 g/mol. The number of likely N-dealkylation sites (tertiary alicyclic amines) is 1. The first kappa shape index (κ1) is 18.4. The maximum Gasteiger partial charge on any atom is 0.255 e. The number of rotatable bonds is 3. The first-order chi connectivity index (χ1) is 13.6. The Morgan fingerprint density at radius 2 is 2.00 bits per heavy atom. The Bertz CT molecular complexity index is 863. The Morgan fingerprint density at radius 1 is 1.21 bits per heavy atom. The summed E-state index contributed by atoms with van der Waals surface area (Å²) in [6, 6.07) is 9.66. The monoisotopic (exact) mass is 380 g/mol. The highest BCUT2D eigenvalue weighted by molar-refractivity contribution is 5.93. The number of nitrogens with one attached hydrogen (secondary N) is 1. The molecule has 0 unspecified atom stereocenters. The zero-order chi connectivity index (χ0) is 19.6. The number of ether oxygens (including phenoxy) is 1. The van der Waals surface area contributed by atoms with Gasteiger partial charge in [0.1, 0.15) is 11.4 Å². The molecule has 3 heterocycles. The molecule has 0 bridgehead atoms. The van der Waals surface area contributed by atoms with Crippen LogP contribution < -0.4 is 10.1 Å². The molecule has 1 atom stereocenters. The number of carbonyl (C=O) groups excluding carboxylic acids is 2. The third-order valence-electron chi connectivity index (χ3n) is 5.81. The summed E-state index contributed by atoms with van der Waals surface area (Å²) in [6.45, 7) is 1.24. The van der Waals surface area contributed by atoms with Gasteiger partial charge in [0, 0.05) is 45.3 Å². The molecule has 2 aromatic rings. The van der Waals surface area contributed by atoms with Crippen LogP contribution in [0.5, 0.6) is 5.75 Å². The fourth-order valence-electron chi connectivity index (χ4n) is 4.28. The third-order valence-corrected chi connectivity index (χ3v) is 5.81. The van der Waals surface area contributed by atoms with Crippen molar-refractivity contribution in [2.75, 3.05) is 20.1 Å². The minimum atomic E-state index is -0.333. The van der Waals surface area contributed by atoms with E-state index >= 15 is 0 Å². The van der Waals surface area contributed by atoms with E-state index in [1.165, 1.54) is 12.4 Å². The molecule has 1 saturated heterocycles. The lowest BCUT2D eigenvalue weighted by molar-refractivity contribution is -0.121. The summed E-state index contributed by atoms with van der Waals surface area (Å²) in [5, 5.41) is 10.3. The molecule has 7 nitrogen and oxygen atoms in total. The Kier molecular flexibility index (Phi) is 4.98. The normalized spacial score (nSPS) is 20.2. The van der Waals surface area contributed by atoms with Crippen LogP contribution in [-0.2, 0) is 4.79 Å². The van der Waals surface area contributed by atoms with Crippen LogP contribution in [0.2, 0.25) is 0 Å². The second-order valence-electron chi connectivity index (χ2n) is 7.52. The van der Waals surface area contributed by atoms with Gasteiger partial charge >= 0.3 is 0 Å². The van der Waals surface area contributed by atoms with E-state index in [0.717, 1.165) is 30.6 Å². The molecule has 4 rings (SSSR count). The number of nitrogens with zero attached hydrogens (tertiary/aromatic N) is 3. The quantitative estimate of drug-likeness (QED) is 0.882. The van der Waals surface area contributed by atoms with Crippen LogP contribution in [-0.4, -0.2) is 52.6 Å². The molecule has 2 amide bonds. The van der Waals surface area contributed by atoms with Gasteiger partial charge in [-0.3, -0.25) is 9.59 Å². The Hall–Kier alpha value is -2.96. The van der Waals surface area contributed by atoms with Gasteiger partial charge in [-0.25, -0.2) is 0 Å². The van der Waals surface area contributed by atoms with Gasteiger partial charge in [-0.05, 0) is 24.1 Å². The summed E-state index contributed by atoms with van der Waals surface area (Å²) in [5.41, 5.74) is 1.32. The molecule has 1 aromatic carbocycles. The van der Waals surface area contributed by atoms with Crippen LogP contribution in [0, 0.1) is 0 Å². The molecule has 2 aliphatic heterocycles. The maximum absolute atomic E-state index is 12.7. The average Bonchev–Trinajstić information content (AvgIpc) is 2.74. The van der Waals surface area contributed by atoms with Crippen molar-refractivity contribution in [3.05, 3.63) is 53.9 Å². The number of fused-ring (bicyclic) bond motifs is 1. The SMILES string of the molecule is CNC(=O)C[C@H]1CC2(CCN(C(=O)c3ccnnc3)CC2)Oc2ccccc21. The second-order valence-corrected chi connectivity index (χ2v) is 7.52. The Labute approximate surface area is 164 Å². The zero-order valence-electron chi connectivity index (χ0n) is 15.9. The minimum absolute atomic E-state index is 0.0251. The van der Waals surface area contributed by atoms with Gasteiger partial charge < -0.3 is 15.0 Å².